The van der Waals surface area contributed by atoms with Crippen molar-refractivity contribution in [1.29, 1.82) is 0 Å². The summed E-state index contributed by atoms with van der Waals surface area (Å²) < 4.78 is 35.9. The van der Waals surface area contributed by atoms with E-state index < -0.39 is 23.8 Å². The maximum atomic E-state index is 14.7. The van der Waals surface area contributed by atoms with E-state index >= 15 is 0 Å². The third-order valence-corrected chi connectivity index (χ3v) is 4.64. The van der Waals surface area contributed by atoms with Crippen molar-refractivity contribution >= 4 is 11.8 Å². The minimum atomic E-state index is -0.631. The Morgan fingerprint density at radius 3 is 2.71 bits per heavy atom. The molecule has 3 aromatic rings. The molecule has 2 aromatic carbocycles. The number of amides is 1. The van der Waals surface area contributed by atoms with Gasteiger partial charge in [0.15, 0.2) is 0 Å². The molecule has 0 saturated carbocycles. The van der Waals surface area contributed by atoms with Crippen molar-refractivity contribution in [3.8, 4) is 11.1 Å². The molecule has 144 valence electrons. The molecule has 28 heavy (non-hydrogen) atoms. The van der Waals surface area contributed by atoms with Crippen LogP contribution in [-0.2, 0) is 17.8 Å². The van der Waals surface area contributed by atoms with Gasteiger partial charge in [0, 0.05) is 30.1 Å². The van der Waals surface area contributed by atoms with Gasteiger partial charge < -0.3 is 10.5 Å². The number of aromatic nitrogens is 2. The predicted molar refractivity (Wildman–Crippen MR) is 99.5 cm³/mol. The number of benzene rings is 2. The van der Waals surface area contributed by atoms with Gasteiger partial charge in [0.2, 0.25) is 0 Å². The van der Waals surface area contributed by atoms with Crippen LogP contribution in [0.4, 0.5) is 19.3 Å². The largest absolute Gasteiger partial charge is 0.442 e. The Morgan fingerprint density at radius 2 is 2.00 bits per heavy atom. The van der Waals surface area contributed by atoms with Crippen LogP contribution in [0.3, 0.4) is 0 Å². The first-order valence-electron chi connectivity index (χ1n) is 8.79. The SMILES string of the molecule is NCc1ccc(F)c(-c2ccc(N3CC(Cn4cccn4)OC3=O)cc2F)c1. The molecule has 0 bridgehead atoms. The average Bonchev–Trinajstić information content (AvgIpc) is 3.32. The lowest BCUT2D eigenvalue weighted by Crippen LogP contribution is -2.26. The molecule has 0 spiro atoms. The number of hydrogen-bond donors (Lipinski definition) is 1. The fourth-order valence-corrected chi connectivity index (χ4v) is 3.24. The fraction of sp³-hybridized carbons (Fsp3) is 0.200. The normalized spacial score (nSPS) is 16.5. The van der Waals surface area contributed by atoms with Gasteiger partial charge in [0.25, 0.3) is 0 Å². The topological polar surface area (TPSA) is 73.4 Å². The molecule has 4 rings (SSSR count). The molecule has 1 saturated heterocycles. The lowest BCUT2D eigenvalue weighted by molar-refractivity contribution is 0.129. The quantitative estimate of drug-likeness (QED) is 0.733. The first-order chi connectivity index (χ1) is 13.5. The molecule has 6 nitrogen and oxygen atoms in total. The first-order valence-corrected chi connectivity index (χ1v) is 8.79. The third kappa shape index (κ3) is 3.46. The van der Waals surface area contributed by atoms with Crippen molar-refractivity contribution in [1.82, 2.24) is 9.78 Å². The highest BCUT2D eigenvalue weighted by molar-refractivity contribution is 5.90. The number of rotatable bonds is 5. The highest BCUT2D eigenvalue weighted by Crippen LogP contribution is 2.31. The average molecular weight is 384 g/mol. The van der Waals surface area contributed by atoms with Crippen molar-refractivity contribution in [2.75, 3.05) is 11.4 Å². The Labute approximate surface area is 160 Å². The highest BCUT2D eigenvalue weighted by Gasteiger charge is 2.33. The lowest BCUT2D eigenvalue weighted by atomic mass is 10.0. The Hall–Kier alpha value is -3.26. The summed E-state index contributed by atoms with van der Waals surface area (Å²) in [6, 6.07) is 10.4. The number of anilines is 1. The summed E-state index contributed by atoms with van der Waals surface area (Å²) >= 11 is 0. The summed E-state index contributed by atoms with van der Waals surface area (Å²) in [5.74, 6) is -1.17. The van der Waals surface area contributed by atoms with E-state index in [1.807, 2.05) is 0 Å². The van der Waals surface area contributed by atoms with Gasteiger partial charge in [-0.2, -0.15) is 5.10 Å². The van der Waals surface area contributed by atoms with Crippen LogP contribution in [0.5, 0.6) is 0 Å². The molecule has 0 radical (unpaired) electrons. The predicted octanol–water partition coefficient (Wildman–Crippen LogP) is 3.31. The van der Waals surface area contributed by atoms with Crippen LogP contribution in [0.25, 0.3) is 11.1 Å². The van der Waals surface area contributed by atoms with Crippen LogP contribution >= 0.6 is 0 Å². The summed E-state index contributed by atoms with van der Waals surface area (Å²) in [4.78, 5) is 13.6. The van der Waals surface area contributed by atoms with E-state index in [0.29, 0.717) is 17.8 Å². The van der Waals surface area contributed by atoms with E-state index in [4.69, 9.17) is 10.5 Å². The lowest BCUT2D eigenvalue weighted by Gasteiger charge is -2.15. The minimum Gasteiger partial charge on any atom is -0.442 e. The number of hydrogen-bond acceptors (Lipinski definition) is 4. The van der Waals surface area contributed by atoms with Gasteiger partial charge in [-0.3, -0.25) is 9.58 Å². The number of carbonyl (C=O) groups excluding carboxylic acids is 1. The van der Waals surface area contributed by atoms with E-state index in [1.54, 1.807) is 35.3 Å². The van der Waals surface area contributed by atoms with E-state index in [1.165, 1.54) is 29.2 Å². The van der Waals surface area contributed by atoms with Crippen LogP contribution in [0, 0.1) is 11.6 Å². The van der Waals surface area contributed by atoms with Crippen LogP contribution < -0.4 is 10.6 Å². The second kappa shape index (κ2) is 7.40. The number of halogens is 2. The van der Waals surface area contributed by atoms with Gasteiger partial charge in [0.05, 0.1) is 18.8 Å². The molecule has 2 N–H and O–H groups in total. The third-order valence-electron chi connectivity index (χ3n) is 4.64. The van der Waals surface area contributed by atoms with Crippen LogP contribution in [0.2, 0.25) is 0 Å². The van der Waals surface area contributed by atoms with Crippen molar-refractivity contribution in [2.45, 2.75) is 19.2 Å². The first kappa shape index (κ1) is 18.1. The van der Waals surface area contributed by atoms with Gasteiger partial charge in [-0.05, 0) is 42.0 Å². The van der Waals surface area contributed by atoms with E-state index in [-0.39, 0.29) is 24.2 Å². The van der Waals surface area contributed by atoms with Crippen molar-refractivity contribution < 1.29 is 18.3 Å². The highest BCUT2D eigenvalue weighted by atomic mass is 19.1. The zero-order valence-electron chi connectivity index (χ0n) is 14.9. The molecule has 1 aromatic heterocycles. The molecular formula is C20H18F2N4O2. The summed E-state index contributed by atoms with van der Waals surface area (Å²) in [7, 11) is 0. The zero-order chi connectivity index (χ0) is 19.7. The number of cyclic esters (lactones) is 1. The summed E-state index contributed by atoms with van der Waals surface area (Å²) in [5.41, 5.74) is 6.88. The molecule has 2 heterocycles. The van der Waals surface area contributed by atoms with Crippen molar-refractivity contribution in [3.63, 3.8) is 0 Å². The molecule has 0 aliphatic carbocycles. The second-order valence-corrected chi connectivity index (χ2v) is 6.53. The smallest absolute Gasteiger partial charge is 0.414 e. The molecular weight excluding hydrogens is 366 g/mol. The van der Waals surface area contributed by atoms with Crippen LogP contribution in [0.1, 0.15) is 5.56 Å². The number of nitrogens with zero attached hydrogens (tertiary/aromatic N) is 3. The van der Waals surface area contributed by atoms with Crippen LogP contribution in [0.15, 0.2) is 54.9 Å². The molecule has 1 aliphatic rings. The number of nitrogens with two attached hydrogens (primary N) is 1. The molecule has 1 atom stereocenters. The second-order valence-electron chi connectivity index (χ2n) is 6.53. The van der Waals surface area contributed by atoms with Gasteiger partial charge in [-0.1, -0.05) is 6.07 Å². The van der Waals surface area contributed by atoms with Crippen molar-refractivity contribution in [3.05, 3.63) is 72.1 Å². The fourth-order valence-electron chi connectivity index (χ4n) is 3.24. The molecule has 1 fully saturated rings. The van der Waals surface area contributed by atoms with E-state index in [2.05, 4.69) is 5.10 Å². The molecule has 1 unspecified atom stereocenters. The Kier molecular flexibility index (Phi) is 4.79. The minimum absolute atomic E-state index is 0.109. The maximum Gasteiger partial charge on any atom is 0.414 e. The van der Waals surface area contributed by atoms with Gasteiger partial charge in [0.1, 0.15) is 17.7 Å². The van der Waals surface area contributed by atoms with E-state index in [0.717, 1.165) is 0 Å². The van der Waals surface area contributed by atoms with Gasteiger partial charge in [-0.25, -0.2) is 13.6 Å². The Bertz CT molecular complexity index is 1010. The number of ether oxygens (including phenoxy) is 1. The monoisotopic (exact) mass is 384 g/mol. The van der Waals surface area contributed by atoms with Crippen molar-refractivity contribution in [2.24, 2.45) is 5.73 Å². The van der Waals surface area contributed by atoms with Crippen LogP contribution in [-0.4, -0.2) is 28.5 Å². The number of carbonyl (C=O) groups is 1. The summed E-state index contributed by atoms with van der Waals surface area (Å²) in [5, 5.41) is 4.09. The molecule has 1 aliphatic heterocycles. The molecule has 8 heteroatoms. The summed E-state index contributed by atoms with van der Waals surface area (Å²) in [6.45, 7) is 0.908. The molecule has 1 amide bonds. The standard InChI is InChI=1S/C20H18F2N4O2/c21-18-5-2-13(10-23)8-17(18)16-4-3-14(9-19(16)22)26-12-15(28-20(26)27)11-25-7-1-6-24-25/h1-9,15H,10-12,23H2. The van der Waals surface area contributed by atoms with E-state index in [9.17, 15) is 13.6 Å². The Balaban J connectivity index is 1.57. The summed E-state index contributed by atoms with van der Waals surface area (Å²) in [6.07, 6.45) is 2.46. The van der Waals surface area contributed by atoms with Gasteiger partial charge >= 0.3 is 6.09 Å². The zero-order valence-corrected chi connectivity index (χ0v) is 14.9. The maximum absolute atomic E-state index is 14.7. The Morgan fingerprint density at radius 1 is 1.14 bits per heavy atom. The van der Waals surface area contributed by atoms with Gasteiger partial charge in [-0.15, -0.1) is 0 Å².